The fourth-order valence-corrected chi connectivity index (χ4v) is 7.02. The minimum absolute atomic E-state index is 0.0345. The van der Waals surface area contributed by atoms with Gasteiger partial charge in [0.1, 0.15) is 11.9 Å². The number of morpholine rings is 1. The lowest BCUT2D eigenvalue weighted by molar-refractivity contribution is -0.151. The predicted octanol–water partition coefficient (Wildman–Crippen LogP) is 2.84. The Hall–Kier alpha value is -2.20. The van der Waals surface area contributed by atoms with Crippen molar-refractivity contribution in [2.75, 3.05) is 19.7 Å². The van der Waals surface area contributed by atoms with Gasteiger partial charge in [0.2, 0.25) is 5.91 Å². The molecule has 0 spiro atoms. The molecular formula is C24H29F4N3O3. The zero-order valence-electron chi connectivity index (χ0n) is 18.7. The second-order valence-corrected chi connectivity index (χ2v) is 10.5. The molecule has 4 aliphatic carbocycles. The van der Waals surface area contributed by atoms with Gasteiger partial charge in [-0.05, 0) is 67.6 Å². The third-order valence-electron chi connectivity index (χ3n) is 8.32. The van der Waals surface area contributed by atoms with Crippen LogP contribution in [0.2, 0.25) is 0 Å². The van der Waals surface area contributed by atoms with Gasteiger partial charge >= 0.3 is 6.18 Å². The standard InChI is InChI=1S/C24H29F4N3O3/c25-17-2-1-14(18(7-17)24(26,27)28)11-31-3-4-34-19(12-31)21(32)30-20-15-5-13-6-16(20)10-23(8-13,9-15)22(29)33/h1-2,7,13,15-16,19-20H,3-6,8-12H2,(H2,29,33)(H,30,32)/t13?,15?,16?,19-,20?,23?/m1/s1. The first-order chi connectivity index (χ1) is 16.0. The largest absolute Gasteiger partial charge is 0.416 e. The molecule has 1 saturated heterocycles. The molecule has 3 atom stereocenters. The Labute approximate surface area is 195 Å². The van der Waals surface area contributed by atoms with Crippen molar-refractivity contribution in [3.63, 3.8) is 0 Å². The molecule has 10 heteroatoms. The van der Waals surface area contributed by atoms with E-state index in [0.29, 0.717) is 31.4 Å². The van der Waals surface area contributed by atoms with Crippen LogP contribution in [0.15, 0.2) is 18.2 Å². The minimum atomic E-state index is -4.66. The third-order valence-corrected chi connectivity index (χ3v) is 8.32. The first kappa shape index (κ1) is 23.5. The van der Waals surface area contributed by atoms with E-state index in [1.165, 1.54) is 0 Å². The second-order valence-electron chi connectivity index (χ2n) is 10.5. The molecule has 1 aliphatic heterocycles. The molecular weight excluding hydrogens is 454 g/mol. The van der Waals surface area contributed by atoms with E-state index in [0.717, 1.165) is 31.4 Å². The third kappa shape index (κ3) is 4.30. The first-order valence-electron chi connectivity index (χ1n) is 11.8. The molecule has 186 valence electrons. The van der Waals surface area contributed by atoms with E-state index in [-0.39, 0.29) is 55.0 Å². The fraction of sp³-hybridized carbons (Fsp3) is 0.667. The normalized spacial score (nSPS) is 35.4. The van der Waals surface area contributed by atoms with E-state index in [4.69, 9.17) is 10.5 Å². The number of hydrogen-bond donors (Lipinski definition) is 2. The summed E-state index contributed by atoms with van der Waals surface area (Å²) in [5, 5.41) is 3.14. The number of carbonyl (C=O) groups is 2. The van der Waals surface area contributed by atoms with Gasteiger partial charge in [-0.15, -0.1) is 0 Å². The topological polar surface area (TPSA) is 84.7 Å². The lowest BCUT2D eigenvalue weighted by atomic mass is 9.47. The molecule has 4 saturated carbocycles. The number of amides is 2. The maximum Gasteiger partial charge on any atom is 0.416 e. The van der Waals surface area contributed by atoms with Gasteiger partial charge in [-0.2, -0.15) is 13.2 Å². The Bertz CT molecular complexity index is 969. The highest BCUT2D eigenvalue weighted by Crippen LogP contribution is 2.59. The summed E-state index contributed by atoms with van der Waals surface area (Å²) in [7, 11) is 0. The molecule has 4 bridgehead atoms. The number of primary amides is 1. The molecule has 3 N–H and O–H groups in total. The van der Waals surface area contributed by atoms with Crippen LogP contribution in [-0.2, 0) is 27.0 Å². The Morgan fingerprint density at radius 2 is 1.88 bits per heavy atom. The van der Waals surface area contributed by atoms with Crippen molar-refractivity contribution in [2.24, 2.45) is 28.9 Å². The summed E-state index contributed by atoms with van der Waals surface area (Å²) in [5.41, 5.74) is 4.26. The van der Waals surface area contributed by atoms with E-state index >= 15 is 0 Å². The van der Waals surface area contributed by atoms with Gasteiger partial charge in [-0.3, -0.25) is 14.5 Å². The number of rotatable bonds is 5. The summed E-state index contributed by atoms with van der Waals surface area (Å²) in [6, 6.07) is 2.63. The van der Waals surface area contributed by atoms with Crippen LogP contribution in [0, 0.1) is 29.0 Å². The Morgan fingerprint density at radius 3 is 2.53 bits per heavy atom. The van der Waals surface area contributed by atoms with Gasteiger partial charge in [-0.1, -0.05) is 6.07 Å². The lowest BCUT2D eigenvalue weighted by Crippen LogP contribution is -2.63. The highest BCUT2D eigenvalue weighted by atomic mass is 19.4. The van der Waals surface area contributed by atoms with Crippen molar-refractivity contribution in [3.8, 4) is 0 Å². The van der Waals surface area contributed by atoms with Crippen molar-refractivity contribution in [3.05, 3.63) is 35.1 Å². The first-order valence-corrected chi connectivity index (χ1v) is 11.8. The van der Waals surface area contributed by atoms with Crippen LogP contribution in [0.5, 0.6) is 0 Å². The molecule has 1 aromatic carbocycles. The van der Waals surface area contributed by atoms with E-state index in [2.05, 4.69) is 5.32 Å². The van der Waals surface area contributed by atoms with Crippen LogP contribution in [0.1, 0.15) is 43.2 Å². The van der Waals surface area contributed by atoms with Gasteiger partial charge < -0.3 is 15.8 Å². The molecule has 6 rings (SSSR count). The quantitative estimate of drug-likeness (QED) is 0.631. The maximum absolute atomic E-state index is 13.4. The zero-order valence-corrected chi connectivity index (χ0v) is 18.7. The molecule has 6 nitrogen and oxygen atoms in total. The summed E-state index contributed by atoms with van der Waals surface area (Å²) in [6.07, 6.45) is -1.28. The molecule has 2 unspecified atom stereocenters. The van der Waals surface area contributed by atoms with Crippen molar-refractivity contribution >= 4 is 11.8 Å². The van der Waals surface area contributed by atoms with Gasteiger partial charge in [-0.25, -0.2) is 4.39 Å². The van der Waals surface area contributed by atoms with Crippen molar-refractivity contribution in [1.29, 1.82) is 0 Å². The SMILES string of the molecule is NC(=O)C12CC3CC(C1)C(NC(=O)[C@H]1CN(Cc4ccc(F)cc4C(F)(F)F)CCO1)C(C3)C2. The van der Waals surface area contributed by atoms with Crippen LogP contribution < -0.4 is 11.1 Å². The number of nitrogens with one attached hydrogen (secondary N) is 1. The Balaban J connectivity index is 1.23. The number of halogens is 4. The molecule has 5 aliphatic rings. The number of nitrogens with two attached hydrogens (primary N) is 1. The lowest BCUT2D eigenvalue weighted by Gasteiger charge is -2.59. The highest BCUT2D eigenvalue weighted by Gasteiger charge is 2.58. The molecule has 2 amide bonds. The van der Waals surface area contributed by atoms with E-state index < -0.39 is 29.1 Å². The number of carbonyl (C=O) groups excluding carboxylic acids is 2. The predicted molar refractivity (Wildman–Crippen MR) is 114 cm³/mol. The second kappa shape index (κ2) is 8.48. The molecule has 34 heavy (non-hydrogen) atoms. The van der Waals surface area contributed by atoms with Gasteiger partial charge in [0.25, 0.3) is 5.91 Å². The van der Waals surface area contributed by atoms with Crippen LogP contribution in [-0.4, -0.2) is 48.6 Å². The molecule has 5 fully saturated rings. The van der Waals surface area contributed by atoms with Crippen molar-refractivity contribution < 1.29 is 31.9 Å². The van der Waals surface area contributed by atoms with Crippen LogP contribution in [0.3, 0.4) is 0 Å². The average molecular weight is 484 g/mol. The Kier molecular flexibility index (Phi) is 5.87. The molecule has 0 radical (unpaired) electrons. The Morgan fingerprint density at radius 1 is 1.18 bits per heavy atom. The van der Waals surface area contributed by atoms with Crippen LogP contribution in [0.4, 0.5) is 17.6 Å². The van der Waals surface area contributed by atoms with Crippen molar-refractivity contribution in [2.45, 2.75) is 57.0 Å². The summed E-state index contributed by atoms with van der Waals surface area (Å²) >= 11 is 0. The zero-order chi connectivity index (χ0) is 24.3. The number of ether oxygens (including phenoxy) is 1. The fourth-order valence-electron chi connectivity index (χ4n) is 7.02. The summed E-state index contributed by atoms with van der Waals surface area (Å²) in [4.78, 5) is 27.0. The van der Waals surface area contributed by atoms with Gasteiger partial charge in [0, 0.05) is 31.1 Å². The van der Waals surface area contributed by atoms with Crippen LogP contribution in [0.25, 0.3) is 0 Å². The van der Waals surface area contributed by atoms with Gasteiger partial charge in [0.15, 0.2) is 0 Å². The number of benzene rings is 1. The molecule has 1 aromatic rings. The monoisotopic (exact) mass is 483 g/mol. The smallest absolute Gasteiger partial charge is 0.369 e. The van der Waals surface area contributed by atoms with E-state index in [1.54, 1.807) is 4.90 Å². The molecule has 1 heterocycles. The van der Waals surface area contributed by atoms with E-state index in [1.807, 2.05) is 0 Å². The van der Waals surface area contributed by atoms with Crippen molar-refractivity contribution in [1.82, 2.24) is 10.2 Å². The summed E-state index contributed by atoms with van der Waals surface area (Å²) < 4.78 is 59.2. The van der Waals surface area contributed by atoms with Crippen LogP contribution >= 0.6 is 0 Å². The van der Waals surface area contributed by atoms with E-state index in [9.17, 15) is 27.2 Å². The maximum atomic E-state index is 13.4. The summed E-state index contributed by atoms with van der Waals surface area (Å²) in [6.45, 7) is 0.678. The minimum Gasteiger partial charge on any atom is -0.369 e. The number of alkyl halides is 3. The highest BCUT2D eigenvalue weighted by molar-refractivity contribution is 5.83. The summed E-state index contributed by atoms with van der Waals surface area (Å²) in [5.74, 6) is -0.568. The number of nitrogens with zero attached hydrogens (tertiary/aromatic N) is 1. The molecule has 0 aromatic heterocycles. The number of hydrogen-bond acceptors (Lipinski definition) is 4. The van der Waals surface area contributed by atoms with Gasteiger partial charge in [0.05, 0.1) is 12.2 Å². The average Bonchev–Trinajstić information content (AvgIpc) is 2.76.